The average Bonchev–Trinajstić information content (AvgIpc) is 2.42. The standard InChI is InChI=1S/C14H15FN2O2/c1-9-7-16-14(17-8-9)11(18)6-10-4-3-5-12(19-2)13(10)15/h3-5,7-8,11,18H,6H2,1-2H3. The Morgan fingerprint density at radius 3 is 2.63 bits per heavy atom. The molecule has 0 aliphatic carbocycles. The predicted octanol–water partition coefficient (Wildman–Crippen LogP) is 2.21. The van der Waals surface area contributed by atoms with E-state index in [9.17, 15) is 9.50 Å². The number of aryl methyl sites for hydroxylation is 1. The van der Waals surface area contributed by atoms with Crippen LogP contribution in [0.15, 0.2) is 30.6 Å². The van der Waals surface area contributed by atoms with Crippen molar-refractivity contribution >= 4 is 0 Å². The van der Waals surface area contributed by atoms with E-state index < -0.39 is 11.9 Å². The molecule has 4 nitrogen and oxygen atoms in total. The summed E-state index contributed by atoms with van der Waals surface area (Å²) in [5.74, 6) is -0.0153. The summed E-state index contributed by atoms with van der Waals surface area (Å²) >= 11 is 0. The van der Waals surface area contributed by atoms with Gasteiger partial charge in [-0.3, -0.25) is 0 Å². The van der Waals surface area contributed by atoms with Gasteiger partial charge < -0.3 is 9.84 Å². The zero-order valence-electron chi connectivity index (χ0n) is 10.8. The minimum absolute atomic E-state index is 0.103. The topological polar surface area (TPSA) is 55.2 Å². The number of aromatic nitrogens is 2. The maximum atomic E-state index is 13.9. The molecule has 0 bridgehead atoms. The normalized spacial score (nSPS) is 12.2. The van der Waals surface area contributed by atoms with E-state index >= 15 is 0 Å². The van der Waals surface area contributed by atoms with E-state index in [0.29, 0.717) is 5.56 Å². The molecule has 2 rings (SSSR count). The van der Waals surface area contributed by atoms with E-state index in [1.54, 1.807) is 24.5 Å². The fourth-order valence-corrected chi connectivity index (χ4v) is 1.75. The van der Waals surface area contributed by atoms with Gasteiger partial charge in [0.05, 0.1) is 7.11 Å². The molecule has 19 heavy (non-hydrogen) atoms. The van der Waals surface area contributed by atoms with Crippen molar-refractivity contribution in [3.8, 4) is 5.75 Å². The van der Waals surface area contributed by atoms with Gasteiger partial charge in [0, 0.05) is 18.8 Å². The van der Waals surface area contributed by atoms with Gasteiger partial charge >= 0.3 is 0 Å². The van der Waals surface area contributed by atoms with Crippen molar-refractivity contribution in [3.05, 3.63) is 53.4 Å². The summed E-state index contributed by atoms with van der Waals surface area (Å²) in [5, 5.41) is 10.0. The number of methoxy groups -OCH3 is 1. The van der Waals surface area contributed by atoms with Crippen molar-refractivity contribution in [2.75, 3.05) is 7.11 Å². The fraction of sp³-hybridized carbons (Fsp3) is 0.286. The lowest BCUT2D eigenvalue weighted by atomic mass is 10.1. The lowest BCUT2D eigenvalue weighted by Crippen LogP contribution is -2.08. The Balaban J connectivity index is 2.19. The highest BCUT2D eigenvalue weighted by Gasteiger charge is 2.16. The van der Waals surface area contributed by atoms with Gasteiger partial charge in [-0.15, -0.1) is 0 Å². The molecular formula is C14H15FN2O2. The lowest BCUT2D eigenvalue weighted by Gasteiger charge is -2.11. The van der Waals surface area contributed by atoms with Crippen LogP contribution >= 0.6 is 0 Å². The predicted molar refractivity (Wildman–Crippen MR) is 68.4 cm³/mol. The summed E-state index contributed by atoms with van der Waals surface area (Å²) in [5.41, 5.74) is 1.28. The van der Waals surface area contributed by atoms with Gasteiger partial charge in [-0.05, 0) is 24.1 Å². The summed E-state index contributed by atoms with van der Waals surface area (Å²) in [6, 6.07) is 4.82. The number of aliphatic hydroxyl groups is 1. The Kier molecular flexibility index (Phi) is 4.06. The van der Waals surface area contributed by atoms with Crippen LogP contribution in [0.5, 0.6) is 5.75 Å². The van der Waals surface area contributed by atoms with Crippen molar-refractivity contribution in [2.24, 2.45) is 0 Å². The van der Waals surface area contributed by atoms with E-state index in [0.717, 1.165) is 5.56 Å². The second kappa shape index (κ2) is 5.75. The number of nitrogens with zero attached hydrogens (tertiary/aromatic N) is 2. The molecule has 0 fully saturated rings. The first-order chi connectivity index (χ1) is 9.11. The van der Waals surface area contributed by atoms with Gasteiger partial charge in [0.1, 0.15) is 6.10 Å². The number of aliphatic hydroxyl groups excluding tert-OH is 1. The molecular weight excluding hydrogens is 247 g/mol. The van der Waals surface area contributed by atoms with Crippen LogP contribution in [0.4, 0.5) is 4.39 Å². The van der Waals surface area contributed by atoms with Crippen LogP contribution in [0.25, 0.3) is 0 Å². The zero-order valence-corrected chi connectivity index (χ0v) is 10.8. The second-order valence-corrected chi connectivity index (χ2v) is 4.27. The molecule has 0 amide bonds. The number of hydrogen-bond acceptors (Lipinski definition) is 4. The molecule has 0 saturated carbocycles. The van der Waals surface area contributed by atoms with Crippen molar-refractivity contribution < 1.29 is 14.2 Å². The number of halogens is 1. The van der Waals surface area contributed by atoms with Gasteiger partial charge in [0.25, 0.3) is 0 Å². The van der Waals surface area contributed by atoms with Crippen LogP contribution in [0.2, 0.25) is 0 Å². The van der Waals surface area contributed by atoms with E-state index in [4.69, 9.17) is 4.74 Å². The van der Waals surface area contributed by atoms with E-state index in [1.165, 1.54) is 13.2 Å². The first-order valence-corrected chi connectivity index (χ1v) is 5.90. The van der Waals surface area contributed by atoms with Crippen molar-refractivity contribution in [3.63, 3.8) is 0 Å². The minimum Gasteiger partial charge on any atom is -0.494 e. The van der Waals surface area contributed by atoms with Crippen LogP contribution in [-0.2, 0) is 6.42 Å². The van der Waals surface area contributed by atoms with Crippen LogP contribution in [0.1, 0.15) is 23.1 Å². The Morgan fingerprint density at radius 2 is 2.00 bits per heavy atom. The molecule has 1 atom stereocenters. The first kappa shape index (κ1) is 13.4. The molecule has 0 saturated heterocycles. The molecule has 100 valence electrons. The summed E-state index contributed by atoms with van der Waals surface area (Å²) in [7, 11) is 1.40. The van der Waals surface area contributed by atoms with Crippen LogP contribution in [0.3, 0.4) is 0 Å². The highest BCUT2D eigenvalue weighted by atomic mass is 19.1. The van der Waals surface area contributed by atoms with Crippen LogP contribution < -0.4 is 4.74 Å². The van der Waals surface area contributed by atoms with Gasteiger partial charge in [-0.25, -0.2) is 14.4 Å². The summed E-state index contributed by atoms with van der Waals surface area (Å²) in [4.78, 5) is 8.06. The molecule has 1 N–H and O–H groups in total. The van der Waals surface area contributed by atoms with Gasteiger partial charge in [0.2, 0.25) is 0 Å². The van der Waals surface area contributed by atoms with Crippen molar-refractivity contribution in [1.29, 1.82) is 0 Å². The Labute approximate surface area is 110 Å². The molecule has 5 heteroatoms. The zero-order chi connectivity index (χ0) is 13.8. The SMILES string of the molecule is COc1cccc(CC(O)c2ncc(C)cn2)c1F. The number of hydrogen-bond donors (Lipinski definition) is 1. The third-order valence-corrected chi connectivity index (χ3v) is 2.78. The fourth-order valence-electron chi connectivity index (χ4n) is 1.75. The third kappa shape index (κ3) is 3.06. The quantitative estimate of drug-likeness (QED) is 0.917. The highest BCUT2D eigenvalue weighted by molar-refractivity contribution is 5.31. The van der Waals surface area contributed by atoms with E-state index in [2.05, 4.69) is 9.97 Å². The molecule has 1 aromatic heterocycles. The summed E-state index contributed by atoms with van der Waals surface area (Å²) in [6.45, 7) is 1.86. The number of rotatable bonds is 4. The van der Waals surface area contributed by atoms with Gasteiger partial charge in [-0.1, -0.05) is 12.1 Å². The highest BCUT2D eigenvalue weighted by Crippen LogP contribution is 2.23. The van der Waals surface area contributed by atoms with E-state index in [-0.39, 0.29) is 18.0 Å². The minimum atomic E-state index is -0.942. The average molecular weight is 262 g/mol. The van der Waals surface area contributed by atoms with Crippen LogP contribution in [0, 0.1) is 12.7 Å². The molecule has 0 spiro atoms. The maximum Gasteiger partial charge on any atom is 0.168 e. The molecule has 0 radical (unpaired) electrons. The van der Waals surface area contributed by atoms with Gasteiger partial charge in [-0.2, -0.15) is 0 Å². The lowest BCUT2D eigenvalue weighted by molar-refractivity contribution is 0.166. The maximum absolute atomic E-state index is 13.9. The monoisotopic (exact) mass is 262 g/mol. The Hall–Kier alpha value is -2.01. The smallest absolute Gasteiger partial charge is 0.168 e. The summed E-state index contributed by atoms with van der Waals surface area (Å²) < 4.78 is 18.8. The van der Waals surface area contributed by atoms with Crippen molar-refractivity contribution in [2.45, 2.75) is 19.4 Å². The number of benzene rings is 1. The molecule has 1 unspecified atom stereocenters. The van der Waals surface area contributed by atoms with E-state index in [1.807, 2.05) is 6.92 Å². The largest absolute Gasteiger partial charge is 0.494 e. The van der Waals surface area contributed by atoms with Gasteiger partial charge in [0.15, 0.2) is 17.4 Å². The summed E-state index contributed by atoms with van der Waals surface area (Å²) in [6.07, 6.45) is 2.40. The Bertz CT molecular complexity index is 558. The third-order valence-electron chi connectivity index (χ3n) is 2.78. The second-order valence-electron chi connectivity index (χ2n) is 4.27. The molecule has 1 aromatic carbocycles. The Morgan fingerprint density at radius 1 is 1.32 bits per heavy atom. The van der Waals surface area contributed by atoms with Crippen molar-refractivity contribution in [1.82, 2.24) is 9.97 Å². The number of ether oxygens (including phenoxy) is 1. The van der Waals surface area contributed by atoms with Crippen LogP contribution in [-0.4, -0.2) is 22.2 Å². The molecule has 1 heterocycles. The molecule has 2 aromatic rings. The molecule has 0 aliphatic heterocycles. The molecule has 0 aliphatic rings. The first-order valence-electron chi connectivity index (χ1n) is 5.90.